The van der Waals surface area contributed by atoms with Crippen molar-refractivity contribution in [2.24, 2.45) is 0 Å². The van der Waals surface area contributed by atoms with Gasteiger partial charge in [-0.05, 0) is 54.8 Å². The van der Waals surface area contributed by atoms with Gasteiger partial charge < -0.3 is 5.11 Å². The number of aliphatic hydroxyl groups excluding tert-OH is 1. The van der Waals surface area contributed by atoms with Crippen LogP contribution < -0.4 is 0 Å². The summed E-state index contributed by atoms with van der Waals surface area (Å²) in [6, 6.07) is 7.00. The minimum atomic E-state index is -1.22. The van der Waals surface area contributed by atoms with E-state index in [0.717, 1.165) is 17.7 Å². The van der Waals surface area contributed by atoms with Crippen LogP contribution in [0.5, 0.6) is 0 Å². The number of aryl methyl sites for hydroxylation is 2. The van der Waals surface area contributed by atoms with Crippen LogP contribution in [0.1, 0.15) is 28.4 Å². The Morgan fingerprint density at radius 3 is 2.26 bits per heavy atom. The quantitative estimate of drug-likeness (QED) is 0.870. The molecular formula is C15H13ClF2O. The predicted molar refractivity (Wildman–Crippen MR) is 71.3 cm³/mol. The van der Waals surface area contributed by atoms with E-state index in [1.54, 1.807) is 25.1 Å². The van der Waals surface area contributed by atoms with E-state index in [1.807, 2.05) is 0 Å². The van der Waals surface area contributed by atoms with Gasteiger partial charge in [0.15, 0.2) is 0 Å². The monoisotopic (exact) mass is 282 g/mol. The summed E-state index contributed by atoms with van der Waals surface area (Å²) in [6.07, 6.45) is -1.22. The maximum atomic E-state index is 13.8. The van der Waals surface area contributed by atoms with E-state index in [4.69, 9.17) is 11.6 Å². The summed E-state index contributed by atoms with van der Waals surface area (Å²) in [5, 5.41) is 10.7. The Morgan fingerprint density at radius 2 is 1.63 bits per heavy atom. The fourth-order valence-corrected chi connectivity index (χ4v) is 2.21. The normalized spacial score (nSPS) is 12.5. The molecule has 0 spiro atoms. The molecule has 1 nitrogen and oxygen atoms in total. The molecule has 1 N–H and O–H groups in total. The first-order chi connectivity index (χ1) is 8.90. The number of rotatable bonds is 2. The lowest BCUT2D eigenvalue weighted by Gasteiger charge is -2.16. The summed E-state index contributed by atoms with van der Waals surface area (Å²) in [5.74, 6) is -1.16. The van der Waals surface area contributed by atoms with Gasteiger partial charge in [0.05, 0.1) is 0 Å². The third-order valence-corrected chi connectivity index (χ3v) is 3.33. The topological polar surface area (TPSA) is 20.2 Å². The van der Waals surface area contributed by atoms with Crippen molar-refractivity contribution < 1.29 is 13.9 Å². The maximum absolute atomic E-state index is 13.8. The first kappa shape index (κ1) is 14.0. The molecule has 4 heteroatoms. The van der Waals surface area contributed by atoms with Gasteiger partial charge in [-0.1, -0.05) is 17.7 Å². The van der Waals surface area contributed by atoms with Crippen molar-refractivity contribution >= 4 is 11.6 Å². The minimum absolute atomic E-state index is 0.0754. The Kier molecular flexibility index (Phi) is 3.88. The Balaban J connectivity index is 2.49. The molecule has 0 aliphatic rings. The van der Waals surface area contributed by atoms with Gasteiger partial charge in [-0.15, -0.1) is 0 Å². The van der Waals surface area contributed by atoms with Crippen molar-refractivity contribution in [1.82, 2.24) is 0 Å². The Morgan fingerprint density at radius 1 is 0.947 bits per heavy atom. The Labute approximate surface area is 115 Å². The predicted octanol–water partition coefficient (Wildman–Crippen LogP) is 4.32. The van der Waals surface area contributed by atoms with Gasteiger partial charge in [0, 0.05) is 10.6 Å². The summed E-state index contributed by atoms with van der Waals surface area (Å²) >= 11 is 5.83. The van der Waals surface area contributed by atoms with Crippen LogP contribution in [0.2, 0.25) is 5.02 Å². The summed E-state index contributed by atoms with van der Waals surface area (Å²) in [5.41, 5.74) is 1.36. The zero-order valence-electron chi connectivity index (χ0n) is 10.5. The van der Waals surface area contributed by atoms with Crippen molar-refractivity contribution in [2.75, 3.05) is 0 Å². The van der Waals surface area contributed by atoms with E-state index in [0.29, 0.717) is 10.6 Å². The fourth-order valence-electron chi connectivity index (χ4n) is 1.98. The fraction of sp³-hybridized carbons (Fsp3) is 0.200. The number of aliphatic hydroxyl groups is 1. The number of halogens is 3. The zero-order chi connectivity index (χ0) is 14.2. The van der Waals surface area contributed by atoms with E-state index in [1.165, 1.54) is 6.92 Å². The van der Waals surface area contributed by atoms with Crippen molar-refractivity contribution in [1.29, 1.82) is 0 Å². The maximum Gasteiger partial charge on any atom is 0.129 e. The molecule has 2 aromatic rings. The molecule has 2 rings (SSSR count). The molecule has 19 heavy (non-hydrogen) atoms. The van der Waals surface area contributed by atoms with E-state index < -0.39 is 17.7 Å². The second kappa shape index (κ2) is 5.27. The lowest BCUT2D eigenvalue weighted by atomic mass is 9.96. The molecule has 1 atom stereocenters. The molecule has 100 valence electrons. The van der Waals surface area contributed by atoms with E-state index >= 15 is 0 Å². The van der Waals surface area contributed by atoms with Gasteiger partial charge in [0.25, 0.3) is 0 Å². The third-order valence-electron chi connectivity index (χ3n) is 3.10. The highest BCUT2D eigenvalue weighted by atomic mass is 35.5. The highest BCUT2D eigenvalue weighted by Crippen LogP contribution is 2.29. The molecule has 0 fully saturated rings. The van der Waals surface area contributed by atoms with E-state index in [-0.39, 0.29) is 11.1 Å². The standard InChI is InChI=1S/C15H13ClF2O/c1-8-5-10(16)3-4-11(8)15(19)12-7-13(17)9(2)6-14(12)18/h3-7,15,19H,1-2H3. The van der Waals surface area contributed by atoms with Gasteiger partial charge >= 0.3 is 0 Å². The highest BCUT2D eigenvalue weighted by molar-refractivity contribution is 6.30. The number of benzene rings is 2. The Bertz CT molecular complexity index is 626. The molecule has 0 amide bonds. The van der Waals surface area contributed by atoms with Gasteiger partial charge in [0.2, 0.25) is 0 Å². The third kappa shape index (κ3) is 2.77. The molecule has 0 saturated carbocycles. The molecule has 0 aromatic heterocycles. The zero-order valence-corrected chi connectivity index (χ0v) is 11.3. The largest absolute Gasteiger partial charge is 0.384 e. The van der Waals surface area contributed by atoms with Crippen LogP contribution in [-0.2, 0) is 0 Å². The summed E-state index contributed by atoms with van der Waals surface area (Å²) in [4.78, 5) is 0. The van der Waals surface area contributed by atoms with Crippen LogP contribution in [0, 0.1) is 25.5 Å². The van der Waals surface area contributed by atoms with Crippen LogP contribution in [-0.4, -0.2) is 5.11 Å². The van der Waals surface area contributed by atoms with E-state index in [9.17, 15) is 13.9 Å². The average Bonchev–Trinajstić information content (AvgIpc) is 2.33. The van der Waals surface area contributed by atoms with Gasteiger partial charge in [-0.25, -0.2) is 8.78 Å². The average molecular weight is 283 g/mol. The van der Waals surface area contributed by atoms with Crippen LogP contribution in [0.4, 0.5) is 8.78 Å². The van der Waals surface area contributed by atoms with Crippen molar-refractivity contribution in [3.05, 3.63) is 69.2 Å². The second-order valence-corrected chi connectivity index (χ2v) is 4.96. The van der Waals surface area contributed by atoms with Crippen LogP contribution in [0.3, 0.4) is 0 Å². The molecule has 0 aliphatic carbocycles. The molecule has 0 saturated heterocycles. The first-order valence-corrected chi connectivity index (χ1v) is 6.17. The highest BCUT2D eigenvalue weighted by Gasteiger charge is 2.18. The second-order valence-electron chi connectivity index (χ2n) is 4.53. The molecule has 0 heterocycles. The van der Waals surface area contributed by atoms with Crippen LogP contribution in [0.25, 0.3) is 0 Å². The SMILES string of the molecule is Cc1cc(F)c(C(O)c2ccc(Cl)cc2C)cc1F. The molecule has 0 aliphatic heterocycles. The van der Waals surface area contributed by atoms with E-state index in [2.05, 4.69) is 0 Å². The molecule has 0 bridgehead atoms. The van der Waals surface area contributed by atoms with Crippen molar-refractivity contribution in [3.63, 3.8) is 0 Å². The Hall–Kier alpha value is -1.45. The van der Waals surface area contributed by atoms with Gasteiger partial charge in [-0.3, -0.25) is 0 Å². The lowest BCUT2D eigenvalue weighted by molar-refractivity contribution is 0.213. The molecule has 1 unspecified atom stereocenters. The summed E-state index contributed by atoms with van der Waals surface area (Å²) in [6.45, 7) is 3.23. The van der Waals surface area contributed by atoms with Gasteiger partial charge in [-0.2, -0.15) is 0 Å². The van der Waals surface area contributed by atoms with Gasteiger partial charge in [0.1, 0.15) is 17.7 Å². The van der Waals surface area contributed by atoms with Crippen LogP contribution >= 0.6 is 11.6 Å². The summed E-state index contributed by atoms with van der Waals surface area (Å²) < 4.78 is 27.3. The summed E-state index contributed by atoms with van der Waals surface area (Å²) in [7, 11) is 0. The number of hydrogen-bond donors (Lipinski definition) is 1. The van der Waals surface area contributed by atoms with Crippen molar-refractivity contribution in [3.8, 4) is 0 Å². The van der Waals surface area contributed by atoms with Crippen molar-refractivity contribution in [2.45, 2.75) is 20.0 Å². The van der Waals surface area contributed by atoms with Crippen LogP contribution in [0.15, 0.2) is 30.3 Å². The lowest BCUT2D eigenvalue weighted by Crippen LogP contribution is -2.06. The molecule has 2 aromatic carbocycles. The minimum Gasteiger partial charge on any atom is -0.384 e. The smallest absolute Gasteiger partial charge is 0.129 e. The first-order valence-electron chi connectivity index (χ1n) is 5.80. The molecule has 0 radical (unpaired) electrons. The number of hydrogen-bond acceptors (Lipinski definition) is 1. The molecular weight excluding hydrogens is 270 g/mol.